The Morgan fingerprint density at radius 1 is 0.812 bits per heavy atom. The van der Waals surface area contributed by atoms with Gasteiger partial charge in [-0.05, 0) is 63.1 Å². The number of carbonyl (C=O) groups is 1. The summed E-state index contributed by atoms with van der Waals surface area (Å²) in [4.78, 5) is 12.6. The molecule has 0 radical (unpaired) electrons. The second kappa shape index (κ2) is 9.40. The second-order valence-corrected chi connectivity index (χ2v) is 9.00. The van der Waals surface area contributed by atoms with Gasteiger partial charge in [0.25, 0.3) is 0 Å². The number of hydrogen-bond donors (Lipinski definition) is 1. The highest BCUT2D eigenvalue weighted by atomic mass is 32.2. The lowest BCUT2D eigenvalue weighted by Gasteiger charge is -2.11. The molecular formula is C26H26N4OS. The first kappa shape index (κ1) is 21.8. The number of hydrogen-bond acceptors (Lipinski definition) is 4. The molecule has 1 heterocycles. The van der Waals surface area contributed by atoms with Crippen molar-refractivity contribution in [3.8, 4) is 17.1 Å². The number of thioether (sulfide) groups is 1. The van der Waals surface area contributed by atoms with Gasteiger partial charge in [-0.25, -0.2) is 0 Å². The summed E-state index contributed by atoms with van der Waals surface area (Å²) in [7, 11) is 0. The molecule has 0 unspecified atom stereocenters. The fraction of sp³-hybridized carbons (Fsp3) is 0.192. The van der Waals surface area contributed by atoms with Crippen molar-refractivity contribution in [2.24, 2.45) is 0 Å². The van der Waals surface area contributed by atoms with Crippen molar-refractivity contribution in [3.05, 3.63) is 89.0 Å². The van der Waals surface area contributed by atoms with E-state index in [0.29, 0.717) is 5.16 Å². The highest BCUT2D eigenvalue weighted by Crippen LogP contribution is 2.28. The topological polar surface area (TPSA) is 59.8 Å². The van der Waals surface area contributed by atoms with E-state index in [1.807, 2.05) is 42.7 Å². The van der Waals surface area contributed by atoms with E-state index < -0.39 is 0 Å². The van der Waals surface area contributed by atoms with Crippen LogP contribution in [0.25, 0.3) is 17.1 Å². The van der Waals surface area contributed by atoms with Crippen molar-refractivity contribution < 1.29 is 4.79 Å². The van der Waals surface area contributed by atoms with Gasteiger partial charge in [0.1, 0.15) is 0 Å². The van der Waals surface area contributed by atoms with E-state index in [9.17, 15) is 4.79 Å². The van der Waals surface area contributed by atoms with Crippen LogP contribution in [-0.4, -0.2) is 26.4 Å². The zero-order valence-electron chi connectivity index (χ0n) is 18.7. The smallest absolute Gasteiger partial charge is 0.234 e. The Bertz CT molecular complexity index is 1220. The first-order chi connectivity index (χ1) is 15.4. The van der Waals surface area contributed by atoms with Crippen molar-refractivity contribution in [1.29, 1.82) is 0 Å². The standard InChI is InChI=1S/C26H26N4OS/c1-17-5-9-21(10-6-17)25-28-29-26(30(25)23-11-7-18(2)8-12-23)32-16-24(31)27-22-14-19(3)13-20(4)15-22/h5-15H,16H2,1-4H3,(H,27,31). The molecule has 0 aliphatic rings. The summed E-state index contributed by atoms with van der Waals surface area (Å²) in [6.07, 6.45) is 0. The molecule has 6 heteroatoms. The average Bonchev–Trinajstić information content (AvgIpc) is 3.16. The molecule has 0 aliphatic carbocycles. The third-order valence-corrected chi connectivity index (χ3v) is 6.00. The van der Waals surface area contributed by atoms with Crippen LogP contribution in [0.15, 0.2) is 71.9 Å². The van der Waals surface area contributed by atoms with Crippen molar-refractivity contribution in [2.75, 3.05) is 11.1 Å². The van der Waals surface area contributed by atoms with Crippen molar-refractivity contribution in [2.45, 2.75) is 32.9 Å². The minimum absolute atomic E-state index is 0.0738. The molecule has 5 nitrogen and oxygen atoms in total. The van der Waals surface area contributed by atoms with Crippen LogP contribution in [0.1, 0.15) is 22.3 Å². The predicted octanol–water partition coefficient (Wildman–Crippen LogP) is 5.90. The van der Waals surface area contributed by atoms with E-state index >= 15 is 0 Å². The van der Waals surface area contributed by atoms with E-state index in [0.717, 1.165) is 33.9 Å². The molecule has 3 aromatic carbocycles. The van der Waals surface area contributed by atoms with Crippen LogP contribution in [0, 0.1) is 27.7 Å². The quantitative estimate of drug-likeness (QED) is 0.378. The first-order valence-electron chi connectivity index (χ1n) is 10.5. The summed E-state index contributed by atoms with van der Waals surface area (Å²) in [6.45, 7) is 8.16. The van der Waals surface area contributed by atoms with E-state index in [1.54, 1.807) is 0 Å². The van der Waals surface area contributed by atoms with Gasteiger partial charge in [-0.1, -0.05) is 65.4 Å². The number of nitrogens with one attached hydrogen (secondary N) is 1. The van der Waals surface area contributed by atoms with Gasteiger partial charge in [0.2, 0.25) is 5.91 Å². The van der Waals surface area contributed by atoms with Gasteiger partial charge in [0.05, 0.1) is 5.75 Å². The molecule has 1 aromatic heterocycles. The molecular weight excluding hydrogens is 416 g/mol. The van der Waals surface area contributed by atoms with Gasteiger partial charge >= 0.3 is 0 Å². The van der Waals surface area contributed by atoms with Crippen LogP contribution in [0.4, 0.5) is 5.69 Å². The molecule has 0 aliphatic heterocycles. The minimum atomic E-state index is -0.0738. The van der Waals surface area contributed by atoms with Crippen LogP contribution >= 0.6 is 11.8 Å². The molecule has 32 heavy (non-hydrogen) atoms. The lowest BCUT2D eigenvalue weighted by molar-refractivity contribution is -0.113. The second-order valence-electron chi connectivity index (χ2n) is 8.06. The van der Waals surface area contributed by atoms with Crippen LogP contribution in [-0.2, 0) is 4.79 Å². The molecule has 4 rings (SSSR count). The van der Waals surface area contributed by atoms with Gasteiger partial charge in [0.15, 0.2) is 11.0 Å². The zero-order chi connectivity index (χ0) is 22.7. The maximum Gasteiger partial charge on any atom is 0.234 e. The molecule has 0 atom stereocenters. The van der Waals surface area contributed by atoms with E-state index in [-0.39, 0.29) is 11.7 Å². The number of carbonyl (C=O) groups excluding carboxylic acids is 1. The SMILES string of the molecule is Cc1ccc(-c2nnc(SCC(=O)Nc3cc(C)cc(C)c3)n2-c2ccc(C)cc2)cc1. The minimum Gasteiger partial charge on any atom is -0.325 e. The van der Waals surface area contributed by atoms with Crippen molar-refractivity contribution in [1.82, 2.24) is 14.8 Å². The lowest BCUT2D eigenvalue weighted by atomic mass is 10.1. The number of nitrogens with zero attached hydrogens (tertiary/aromatic N) is 3. The Labute approximate surface area is 192 Å². The molecule has 1 amide bonds. The van der Waals surface area contributed by atoms with Crippen LogP contribution in [0.5, 0.6) is 0 Å². The van der Waals surface area contributed by atoms with Crippen LogP contribution < -0.4 is 5.32 Å². The summed E-state index contributed by atoms with van der Waals surface area (Å²) in [5, 5.41) is 12.5. The molecule has 0 saturated carbocycles. The number of amides is 1. The Hall–Kier alpha value is -3.38. The van der Waals surface area contributed by atoms with Gasteiger partial charge in [0, 0.05) is 16.9 Å². The van der Waals surface area contributed by atoms with Gasteiger partial charge < -0.3 is 5.32 Å². The lowest BCUT2D eigenvalue weighted by Crippen LogP contribution is -2.14. The summed E-state index contributed by atoms with van der Waals surface area (Å²) in [6, 6.07) is 22.5. The summed E-state index contributed by atoms with van der Waals surface area (Å²) in [5.74, 6) is 0.923. The van der Waals surface area contributed by atoms with E-state index in [1.165, 1.54) is 22.9 Å². The summed E-state index contributed by atoms with van der Waals surface area (Å²) >= 11 is 1.38. The molecule has 0 spiro atoms. The van der Waals surface area contributed by atoms with Gasteiger partial charge in [-0.15, -0.1) is 10.2 Å². The monoisotopic (exact) mass is 442 g/mol. The third-order valence-electron chi connectivity index (χ3n) is 5.07. The largest absolute Gasteiger partial charge is 0.325 e. The summed E-state index contributed by atoms with van der Waals surface area (Å²) in [5.41, 5.74) is 7.37. The van der Waals surface area contributed by atoms with Crippen molar-refractivity contribution >= 4 is 23.4 Å². The third kappa shape index (κ3) is 5.08. The number of rotatable bonds is 6. The predicted molar refractivity (Wildman–Crippen MR) is 132 cm³/mol. The molecule has 162 valence electrons. The fourth-order valence-corrected chi connectivity index (χ4v) is 4.31. The Morgan fingerprint density at radius 2 is 1.41 bits per heavy atom. The average molecular weight is 443 g/mol. The van der Waals surface area contributed by atoms with E-state index in [2.05, 4.69) is 71.8 Å². The van der Waals surface area contributed by atoms with Crippen LogP contribution in [0.2, 0.25) is 0 Å². The number of aromatic nitrogens is 3. The molecule has 4 aromatic rings. The van der Waals surface area contributed by atoms with Crippen molar-refractivity contribution in [3.63, 3.8) is 0 Å². The summed E-state index contributed by atoms with van der Waals surface area (Å²) < 4.78 is 2.01. The fourth-order valence-electron chi connectivity index (χ4n) is 3.55. The molecule has 1 N–H and O–H groups in total. The molecule has 0 saturated heterocycles. The maximum absolute atomic E-state index is 12.6. The first-order valence-corrected chi connectivity index (χ1v) is 11.5. The maximum atomic E-state index is 12.6. The normalized spacial score (nSPS) is 10.9. The number of benzene rings is 3. The Kier molecular flexibility index (Phi) is 6.42. The van der Waals surface area contributed by atoms with E-state index in [4.69, 9.17) is 0 Å². The Morgan fingerprint density at radius 3 is 2.03 bits per heavy atom. The highest BCUT2D eigenvalue weighted by molar-refractivity contribution is 7.99. The molecule has 0 fully saturated rings. The molecule has 0 bridgehead atoms. The Balaban J connectivity index is 1.59. The number of anilines is 1. The zero-order valence-corrected chi connectivity index (χ0v) is 19.5. The number of aryl methyl sites for hydroxylation is 4. The highest BCUT2D eigenvalue weighted by Gasteiger charge is 2.17. The van der Waals surface area contributed by atoms with Gasteiger partial charge in [-0.3, -0.25) is 9.36 Å². The van der Waals surface area contributed by atoms with Gasteiger partial charge in [-0.2, -0.15) is 0 Å². The van der Waals surface area contributed by atoms with Crippen LogP contribution in [0.3, 0.4) is 0 Å².